The first-order chi connectivity index (χ1) is 8.40. The average Bonchev–Trinajstić information content (AvgIpc) is 2.40. The Balaban J connectivity index is 1.92. The highest BCUT2D eigenvalue weighted by atomic mass is 16.6. The molecule has 5 heteroatoms. The summed E-state index contributed by atoms with van der Waals surface area (Å²) >= 11 is 0. The van der Waals surface area contributed by atoms with E-state index in [-0.39, 0.29) is 7.69 Å². The van der Waals surface area contributed by atoms with E-state index in [2.05, 4.69) is 5.11 Å². The standard InChI is InChI=1S/C12H11BN2O2/c14-15-11-8-4-5-9-12(11)17-13-16-10-6-2-1-3-7-10/h1-9,13-14H. The molecule has 0 aliphatic rings. The number of hydrogen-bond acceptors (Lipinski definition) is 4. The number of para-hydroxylation sites is 3. The Morgan fingerprint density at radius 3 is 2.35 bits per heavy atom. The van der Waals surface area contributed by atoms with Gasteiger partial charge >= 0.3 is 7.69 Å². The van der Waals surface area contributed by atoms with E-state index in [0.717, 1.165) is 5.75 Å². The molecule has 84 valence electrons. The van der Waals surface area contributed by atoms with Crippen LogP contribution in [-0.2, 0) is 0 Å². The molecule has 1 N–H and O–H groups in total. The Kier molecular flexibility index (Phi) is 3.75. The molecule has 0 aliphatic heterocycles. The minimum absolute atomic E-state index is 0.0938. The van der Waals surface area contributed by atoms with Crippen LogP contribution in [0, 0.1) is 5.53 Å². The van der Waals surface area contributed by atoms with Crippen LogP contribution in [0.2, 0.25) is 0 Å². The Bertz CT molecular complexity index is 491. The topological polar surface area (TPSA) is 54.7 Å². The van der Waals surface area contributed by atoms with Gasteiger partial charge in [0.15, 0.2) is 0 Å². The van der Waals surface area contributed by atoms with E-state index in [1.165, 1.54) is 0 Å². The van der Waals surface area contributed by atoms with Crippen LogP contribution in [0.1, 0.15) is 0 Å². The third-order valence-corrected chi connectivity index (χ3v) is 2.17. The number of hydrogen-bond donors (Lipinski definition) is 1. The normalized spacial score (nSPS) is 9.41. The van der Waals surface area contributed by atoms with E-state index in [0.29, 0.717) is 11.4 Å². The molecule has 0 saturated carbocycles. The van der Waals surface area contributed by atoms with Crippen molar-refractivity contribution in [2.24, 2.45) is 5.11 Å². The zero-order valence-electron chi connectivity index (χ0n) is 9.17. The zero-order valence-corrected chi connectivity index (χ0v) is 9.17. The predicted octanol–water partition coefficient (Wildman–Crippen LogP) is 3.07. The first-order valence-corrected chi connectivity index (χ1v) is 5.17. The van der Waals surface area contributed by atoms with Crippen molar-refractivity contribution in [2.75, 3.05) is 0 Å². The molecule has 0 aliphatic carbocycles. The van der Waals surface area contributed by atoms with Crippen molar-refractivity contribution in [2.45, 2.75) is 0 Å². The maximum Gasteiger partial charge on any atom is 0.576 e. The van der Waals surface area contributed by atoms with Crippen molar-refractivity contribution in [3.05, 3.63) is 54.6 Å². The van der Waals surface area contributed by atoms with E-state index >= 15 is 0 Å². The van der Waals surface area contributed by atoms with Crippen molar-refractivity contribution in [3.8, 4) is 11.5 Å². The lowest BCUT2D eigenvalue weighted by molar-refractivity contribution is 0.459. The van der Waals surface area contributed by atoms with Crippen molar-refractivity contribution >= 4 is 13.4 Å². The Morgan fingerprint density at radius 1 is 0.882 bits per heavy atom. The van der Waals surface area contributed by atoms with Crippen molar-refractivity contribution < 1.29 is 9.31 Å². The molecule has 0 saturated heterocycles. The van der Waals surface area contributed by atoms with Crippen molar-refractivity contribution in [1.29, 1.82) is 5.53 Å². The SMILES string of the molecule is N=Nc1ccccc1OBOc1ccccc1. The minimum atomic E-state index is 0.0938. The highest BCUT2D eigenvalue weighted by Gasteiger charge is 2.03. The Hall–Kier alpha value is -2.30. The molecule has 0 fully saturated rings. The quantitative estimate of drug-likeness (QED) is 0.629. The highest BCUT2D eigenvalue weighted by Crippen LogP contribution is 2.26. The van der Waals surface area contributed by atoms with Gasteiger partial charge in [-0.05, 0) is 24.3 Å². The summed E-state index contributed by atoms with van der Waals surface area (Å²) in [5.74, 6) is 1.28. The van der Waals surface area contributed by atoms with E-state index in [9.17, 15) is 0 Å². The maximum atomic E-state index is 6.99. The Morgan fingerprint density at radius 2 is 1.59 bits per heavy atom. The summed E-state index contributed by atoms with van der Waals surface area (Å²) < 4.78 is 10.8. The fourth-order valence-corrected chi connectivity index (χ4v) is 1.35. The monoisotopic (exact) mass is 226 g/mol. The molecule has 0 unspecified atom stereocenters. The first-order valence-electron chi connectivity index (χ1n) is 5.17. The van der Waals surface area contributed by atoms with Gasteiger partial charge in [0, 0.05) is 0 Å². The molecule has 2 rings (SSSR count). The van der Waals surface area contributed by atoms with Gasteiger partial charge in [0.2, 0.25) is 0 Å². The lowest BCUT2D eigenvalue weighted by Gasteiger charge is -2.08. The van der Waals surface area contributed by atoms with Crippen LogP contribution in [0.15, 0.2) is 59.7 Å². The van der Waals surface area contributed by atoms with Gasteiger partial charge in [0.25, 0.3) is 0 Å². The molecule has 17 heavy (non-hydrogen) atoms. The summed E-state index contributed by atoms with van der Waals surface area (Å²) in [5, 5.41) is 3.37. The molecule has 0 aromatic heterocycles. The first kappa shape index (κ1) is 11.2. The third kappa shape index (κ3) is 3.08. The van der Waals surface area contributed by atoms with E-state index in [4.69, 9.17) is 14.8 Å². The van der Waals surface area contributed by atoms with Gasteiger partial charge in [-0.1, -0.05) is 30.3 Å². The van der Waals surface area contributed by atoms with Crippen LogP contribution < -0.4 is 9.31 Å². The Labute approximate surface area is 100 Å². The lowest BCUT2D eigenvalue weighted by Crippen LogP contribution is -2.10. The van der Waals surface area contributed by atoms with Gasteiger partial charge in [0.1, 0.15) is 17.2 Å². The molecule has 0 atom stereocenters. The second-order valence-corrected chi connectivity index (χ2v) is 3.30. The van der Waals surface area contributed by atoms with Crippen LogP contribution >= 0.6 is 0 Å². The van der Waals surface area contributed by atoms with E-state index in [1.54, 1.807) is 18.2 Å². The molecule has 2 aromatic rings. The van der Waals surface area contributed by atoms with Crippen molar-refractivity contribution in [3.63, 3.8) is 0 Å². The van der Waals surface area contributed by atoms with Crippen LogP contribution in [0.5, 0.6) is 11.5 Å². The lowest BCUT2D eigenvalue weighted by atomic mass is 10.2. The molecular formula is C12H11BN2O2. The van der Waals surface area contributed by atoms with Crippen LogP contribution in [0.3, 0.4) is 0 Å². The molecule has 0 bridgehead atoms. The summed E-state index contributed by atoms with van der Waals surface area (Å²) in [4.78, 5) is 0. The summed E-state index contributed by atoms with van der Waals surface area (Å²) in [6, 6.07) is 16.5. The molecule has 0 amide bonds. The summed E-state index contributed by atoms with van der Waals surface area (Å²) in [6.07, 6.45) is 0. The molecule has 2 aromatic carbocycles. The molecule has 0 heterocycles. The smallest absolute Gasteiger partial charge is 0.529 e. The van der Waals surface area contributed by atoms with E-state index < -0.39 is 0 Å². The van der Waals surface area contributed by atoms with Gasteiger partial charge in [-0.15, -0.1) is 0 Å². The summed E-state index contributed by atoms with van der Waals surface area (Å²) in [7, 11) is 0.0938. The summed E-state index contributed by atoms with van der Waals surface area (Å²) in [6.45, 7) is 0. The zero-order chi connectivity index (χ0) is 11.9. The molecule has 4 nitrogen and oxygen atoms in total. The second kappa shape index (κ2) is 5.70. The summed E-state index contributed by atoms with van der Waals surface area (Å²) in [5.41, 5.74) is 7.48. The molecule has 0 spiro atoms. The number of rotatable bonds is 5. The van der Waals surface area contributed by atoms with Gasteiger partial charge in [-0.25, -0.2) is 5.53 Å². The van der Waals surface area contributed by atoms with Crippen LogP contribution in [0.25, 0.3) is 0 Å². The molecule has 0 radical (unpaired) electrons. The second-order valence-electron chi connectivity index (χ2n) is 3.30. The highest BCUT2D eigenvalue weighted by molar-refractivity contribution is 6.21. The van der Waals surface area contributed by atoms with E-state index in [1.807, 2.05) is 36.4 Å². The third-order valence-electron chi connectivity index (χ3n) is 2.17. The predicted molar refractivity (Wildman–Crippen MR) is 66.1 cm³/mol. The number of nitrogens with zero attached hydrogens (tertiary/aromatic N) is 1. The molecular weight excluding hydrogens is 215 g/mol. The van der Waals surface area contributed by atoms with Gasteiger partial charge in [0.05, 0.1) is 0 Å². The van der Waals surface area contributed by atoms with Gasteiger partial charge in [-0.2, -0.15) is 5.11 Å². The number of benzene rings is 2. The fourth-order valence-electron chi connectivity index (χ4n) is 1.35. The van der Waals surface area contributed by atoms with Crippen LogP contribution in [-0.4, -0.2) is 7.69 Å². The number of nitrogens with one attached hydrogen (secondary N) is 1. The van der Waals surface area contributed by atoms with Gasteiger partial charge in [-0.3, -0.25) is 0 Å². The fraction of sp³-hybridized carbons (Fsp3) is 0. The van der Waals surface area contributed by atoms with Gasteiger partial charge < -0.3 is 9.31 Å². The maximum absolute atomic E-state index is 6.99. The largest absolute Gasteiger partial charge is 0.576 e. The minimum Gasteiger partial charge on any atom is -0.529 e. The van der Waals surface area contributed by atoms with Crippen molar-refractivity contribution in [1.82, 2.24) is 0 Å². The average molecular weight is 226 g/mol. The van der Waals surface area contributed by atoms with Crippen LogP contribution in [0.4, 0.5) is 5.69 Å².